The van der Waals surface area contributed by atoms with Crippen LogP contribution >= 0.6 is 34.8 Å². The van der Waals surface area contributed by atoms with Crippen LogP contribution in [0.15, 0.2) is 82.6 Å². The van der Waals surface area contributed by atoms with Gasteiger partial charge in [0.15, 0.2) is 0 Å². The minimum absolute atomic E-state index is 0.249. The number of rotatable bonds is 3. The number of allylic oxidation sites excluding steroid dienone is 8. The topological polar surface area (TPSA) is 6.25 Å². The Morgan fingerprint density at radius 3 is 2.24 bits per heavy atom. The zero-order valence-corrected chi connectivity index (χ0v) is 26.7. The molecular weight excluding hydrogens is 567 g/mol. The van der Waals surface area contributed by atoms with Gasteiger partial charge in [-0.05, 0) is 99.1 Å². The summed E-state index contributed by atoms with van der Waals surface area (Å²) in [6, 6.07) is 18.6. The number of halogens is 3. The standard InChI is InChI=1S/C36H34Cl3N2/c1-7-20-40-30-16-14-26(37)22-28(30)35(3,4)32(40)18-12-24-10-9-11-25(34(24)39)13-19-33-36(5,6)29-23-27(38)15-17-31(29)41(33)21-8-2/h12-19,22-23H,9-11H2,1-6H3/q+1. The molecule has 0 spiro atoms. The van der Waals surface area contributed by atoms with Crippen LogP contribution in [-0.4, -0.2) is 10.3 Å². The molecule has 2 aromatic carbocycles. The Morgan fingerprint density at radius 2 is 1.54 bits per heavy atom. The number of nitrogens with zero attached hydrogens (tertiary/aromatic N) is 2. The van der Waals surface area contributed by atoms with Crippen molar-refractivity contribution in [2.24, 2.45) is 0 Å². The van der Waals surface area contributed by atoms with E-state index in [2.05, 4.69) is 97.5 Å². The van der Waals surface area contributed by atoms with Crippen molar-refractivity contribution in [2.75, 3.05) is 4.90 Å². The van der Waals surface area contributed by atoms with Gasteiger partial charge in [0, 0.05) is 56.9 Å². The van der Waals surface area contributed by atoms with Crippen LogP contribution in [0, 0.1) is 23.9 Å². The molecule has 3 aliphatic rings. The predicted molar refractivity (Wildman–Crippen MR) is 175 cm³/mol. The molecule has 208 valence electrons. The Hall–Kier alpha value is -3.14. The van der Waals surface area contributed by atoms with E-state index in [0.29, 0.717) is 0 Å². The van der Waals surface area contributed by atoms with Crippen molar-refractivity contribution >= 4 is 51.9 Å². The Bertz CT molecular complexity index is 1720. The highest BCUT2D eigenvalue weighted by Crippen LogP contribution is 2.48. The molecule has 0 bridgehead atoms. The van der Waals surface area contributed by atoms with E-state index in [4.69, 9.17) is 34.8 Å². The number of fused-ring (bicyclic) bond motifs is 2. The average molecular weight is 601 g/mol. The van der Waals surface area contributed by atoms with E-state index in [0.717, 1.165) is 68.3 Å². The Labute approximate surface area is 259 Å². The third kappa shape index (κ3) is 5.19. The van der Waals surface area contributed by atoms with E-state index in [9.17, 15) is 0 Å². The van der Waals surface area contributed by atoms with Crippen molar-refractivity contribution in [3.05, 3.63) is 104 Å². The SMILES string of the molecule is CC#CN1C(=CC=C2CCCC(C=CC3=[N+](C#CC)c4ccc(Cl)cc4C3(C)C)=C2Cl)C(C)(C)c2cc(Cl)ccc21. The molecule has 0 unspecified atom stereocenters. The maximum atomic E-state index is 7.08. The van der Waals surface area contributed by atoms with Crippen molar-refractivity contribution in [3.63, 3.8) is 0 Å². The summed E-state index contributed by atoms with van der Waals surface area (Å²) in [5.41, 5.74) is 8.48. The van der Waals surface area contributed by atoms with Crippen LogP contribution in [0.1, 0.15) is 71.9 Å². The first-order chi connectivity index (χ1) is 19.5. The predicted octanol–water partition coefficient (Wildman–Crippen LogP) is 10.2. The smallest absolute Gasteiger partial charge is 0.229 e. The lowest BCUT2D eigenvalue weighted by Gasteiger charge is -2.23. The summed E-state index contributed by atoms with van der Waals surface area (Å²) in [6.45, 7) is 12.6. The first-order valence-corrected chi connectivity index (χ1v) is 15.0. The monoisotopic (exact) mass is 599 g/mol. The van der Waals surface area contributed by atoms with Gasteiger partial charge in [-0.25, -0.2) is 0 Å². The molecule has 0 saturated heterocycles. The molecule has 0 N–H and O–H groups in total. The minimum Gasteiger partial charge on any atom is -0.273 e. The molecule has 41 heavy (non-hydrogen) atoms. The van der Waals surface area contributed by atoms with Gasteiger partial charge in [-0.2, -0.15) is 0 Å². The van der Waals surface area contributed by atoms with E-state index < -0.39 is 0 Å². The van der Waals surface area contributed by atoms with Crippen LogP contribution in [-0.2, 0) is 10.8 Å². The van der Waals surface area contributed by atoms with Crippen LogP contribution in [0.4, 0.5) is 11.4 Å². The van der Waals surface area contributed by atoms with Gasteiger partial charge in [-0.3, -0.25) is 4.90 Å². The second kappa shape index (κ2) is 11.3. The van der Waals surface area contributed by atoms with Crippen molar-refractivity contribution in [1.29, 1.82) is 0 Å². The largest absolute Gasteiger partial charge is 0.273 e. The van der Waals surface area contributed by atoms with Crippen LogP contribution in [0.2, 0.25) is 10.0 Å². The molecule has 2 heterocycles. The van der Waals surface area contributed by atoms with Crippen molar-refractivity contribution in [3.8, 4) is 23.9 Å². The zero-order valence-electron chi connectivity index (χ0n) is 24.4. The molecule has 0 amide bonds. The highest BCUT2D eigenvalue weighted by molar-refractivity contribution is 6.33. The Balaban J connectivity index is 1.52. The molecule has 2 aromatic rings. The third-order valence-electron chi connectivity index (χ3n) is 8.30. The molecule has 0 fully saturated rings. The minimum atomic E-state index is -0.249. The van der Waals surface area contributed by atoms with Crippen molar-refractivity contribution < 1.29 is 4.58 Å². The lowest BCUT2D eigenvalue weighted by Crippen LogP contribution is -2.26. The number of anilines is 1. The van der Waals surface area contributed by atoms with Crippen LogP contribution in [0.5, 0.6) is 0 Å². The van der Waals surface area contributed by atoms with Gasteiger partial charge in [0.25, 0.3) is 0 Å². The normalized spacial score (nSPS) is 20.8. The maximum Gasteiger partial charge on any atom is 0.229 e. The number of hydrogen-bond acceptors (Lipinski definition) is 1. The van der Waals surface area contributed by atoms with Crippen LogP contribution in [0.25, 0.3) is 0 Å². The van der Waals surface area contributed by atoms with Crippen molar-refractivity contribution in [1.82, 2.24) is 0 Å². The van der Waals surface area contributed by atoms with Crippen LogP contribution in [0.3, 0.4) is 0 Å². The summed E-state index contributed by atoms with van der Waals surface area (Å²) >= 11 is 19.8. The molecule has 5 rings (SSSR count). The van der Waals surface area contributed by atoms with Crippen LogP contribution < -0.4 is 4.90 Å². The van der Waals surface area contributed by atoms with Gasteiger partial charge in [-0.15, -0.1) is 4.58 Å². The summed E-state index contributed by atoms with van der Waals surface area (Å²) in [4.78, 5) is 2.08. The Kier molecular flexibility index (Phi) is 8.07. The molecule has 2 nitrogen and oxygen atoms in total. The summed E-state index contributed by atoms with van der Waals surface area (Å²) in [5.74, 6) is 6.15. The van der Waals surface area contributed by atoms with Gasteiger partial charge >= 0.3 is 0 Å². The van der Waals surface area contributed by atoms with E-state index in [1.165, 1.54) is 11.1 Å². The molecule has 5 heteroatoms. The molecule has 0 aromatic heterocycles. The summed E-state index contributed by atoms with van der Waals surface area (Å²) < 4.78 is 2.08. The summed E-state index contributed by atoms with van der Waals surface area (Å²) in [5, 5.41) is 2.28. The van der Waals surface area contributed by atoms with Gasteiger partial charge in [0.05, 0.1) is 11.1 Å². The lowest BCUT2D eigenvalue weighted by molar-refractivity contribution is -0.332. The van der Waals surface area contributed by atoms with E-state index in [-0.39, 0.29) is 10.8 Å². The zero-order chi connectivity index (χ0) is 29.5. The van der Waals surface area contributed by atoms with Gasteiger partial charge < -0.3 is 0 Å². The summed E-state index contributed by atoms with van der Waals surface area (Å²) in [6.07, 6.45) is 11.6. The van der Waals surface area contributed by atoms with E-state index in [1.807, 2.05) is 38.1 Å². The molecule has 1 aliphatic carbocycles. The van der Waals surface area contributed by atoms with Gasteiger partial charge in [-0.1, -0.05) is 66.7 Å². The van der Waals surface area contributed by atoms with Crippen molar-refractivity contribution in [2.45, 2.75) is 71.6 Å². The molecule has 2 aliphatic heterocycles. The Morgan fingerprint density at radius 1 is 0.829 bits per heavy atom. The average Bonchev–Trinajstić information content (AvgIpc) is 3.26. The quantitative estimate of drug-likeness (QED) is 0.251. The number of hydrogen-bond donors (Lipinski definition) is 0. The maximum absolute atomic E-state index is 7.08. The third-order valence-corrected chi connectivity index (χ3v) is 9.25. The number of benzene rings is 2. The highest BCUT2D eigenvalue weighted by Gasteiger charge is 2.45. The van der Waals surface area contributed by atoms with E-state index >= 15 is 0 Å². The lowest BCUT2D eigenvalue weighted by atomic mass is 9.81. The molecular formula is C36H34Cl3N2+. The molecule has 0 radical (unpaired) electrons. The van der Waals surface area contributed by atoms with Gasteiger partial charge in [0.1, 0.15) is 0 Å². The molecule has 0 atom stereocenters. The molecule has 0 saturated carbocycles. The first kappa shape index (κ1) is 29.4. The highest BCUT2D eigenvalue weighted by atomic mass is 35.5. The fraction of sp³-hybridized carbons (Fsp3) is 0.306. The second-order valence-electron chi connectivity index (χ2n) is 11.6. The van der Waals surface area contributed by atoms with E-state index in [1.54, 1.807) is 0 Å². The fourth-order valence-corrected chi connectivity index (χ4v) is 6.76. The summed E-state index contributed by atoms with van der Waals surface area (Å²) in [7, 11) is 0. The fourth-order valence-electron chi connectivity index (χ4n) is 6.10. The first-order valence-electron chi connectivity index (χ1n) is 13.9. The van der Waals surface area contributed by atoms with Gasteiger partial charge in [0.2, 0.25) is 17.4 Å². The second-order valence-corrected chi connectivity index (χ2v) is 12.9.